The van der Waals surface area contributed by atoms with Crippen molar-refractivity contribution in [3.8, 4) is 6.07 Å². The molecule has 3 rings (SSSR count). The van der Waals surface area contributed by atoms with Crippen LogP contribution in [0.4, 0.5) is 5.69 Å². The molecule has 2 aromatic heterocycles. The summed E-state index contributed by atoms with van der Waals surface area (Å²) in [5.74, 6) is -0.178. The van der Waals surface area contributed by atoms with Gasteiger partial charge in [-0.15, -0.1) is 23.1 Å². The second-order valence-corrected chi connectivity index (χ2v) is 8.02. The number of fused-ring (bicyclic) bond motifs is 1. The molecule has 0 unspecified atom stereocenters. The second kappa shape index (κ2) is 7.26. The average molecular weight is 437 g/mol. The minimum atomic E-state index is -0.671. The van der Waals surface area contributed by atoms with E-state index in [0.717, 1.165) is 27.6 Å². The predicted octanol–water partition coefficient (Wildman–Crippen LogP) is 2.64. The summed E-state index contributed by atoms with van der Waals surface area (Å²) in [6, 6.07) is 9.16. The number of benzene rings is 1. The minimum absolute atomic E-state index is 0.0656. The number of hydrogen-bond acceptors (Lipinski definition) is 6. The number of carbonyl (C=O) groups excluding carboxylic acids is 1. The molecule has 1 amide bonds. The number of carbonyl (C=O) groups is 1. The Bertz CT molecular complexity index is 1130. The summed E-state index contributed by atoms with van der Waals surface area (Å²) in [6.45, 7) is 0. The zero-order valence-electron chi connectivity index (χ0n) is 12.4. The lowest BCUT2D eigenvalue weighted by molar-refractivity contribution is -0.113. The molecule has 7 nitrogen and oxygen atoms in total. The zero-order valence-corrected chi connectivity index (χ0v) is 15.6. The Labute approximate surface area is 157 Å². The summed E-state index contributed by atoms with van der Waals surface area (Å²) >= 11 is 5.54. The maximum absolute atomic E-state index is 12.1. The molecule has 0 fully saturated rings. The zero-order chi connectivity index (χ0) is 18.0. The standard InChI is InChI=1S/C15H9BrN4O3S2/c16-7-2-1-3-8(4-7)18-10(21)6-24-14-9(5-17)11-12(25-14)13(22)20-15(23)19-11/h1-4H,6H2,(H,18,21)(H2,19,20,22,23). The van der Waals surface area contributed by atoms with Gasteiger partial charge in [0, 0.05) is 10.2 Å². The lowest BCUT2D eigenvalue weighted by Crippen LogP contribution is -2.20. The van der Waals surface area contributed by atoms with E-state index < -0.39 is 11.2 Å². The highest BCUT2D eigenvalue weighted by molar-refractivity contribution is 9.10. The fraction of sp³-hybridized carbons (Fsp3) is 0.0667. The van der Waals surface area contributed by atoms with Crippen LogP contribution in [0.15, 0.2) is 42.5 Å². The van der Waals surface area contributed by atoms with Gasteiger partial charge in [0.1, 0.15) is 16.3 Å². The van der Waals surface area contributed by atoms with Crippen LogP contribution in [0.3, 0.4) is 0 Å². The molecule has 2 heterocycles. The number of nitrogens with zero attached hydrogens (tertiary/aromatic N) is 1. The number of H-pyrrole nitrogens is 2. The highest BCUT2D eigenvalue weighted by Crippen LogP contribution is 2.34. The Kier molecular flexibility index (Phi) is 5.08. The van der Waals surface area contributed by atoms with Gasteiger partial charge in [0.05, 0.1) is 15.5 Å². The Hall–Kier alpha value is -2.35. The Morgan fingerprint density at radius 3 is 2.88 bits per heavy atom. The van der Waals surface area contributed by atoms with E-state index in [-0.39, 0.29) is 27.4 Å². The molecule has 126 valence electrons. The van der Waals surface area contributed by atoms with E-state index in [2.05, 4.69) is 31.2 Å². The van der Waals surface area contributed by atoms with Gasteiger partial charge in [-0.1, -0.05) is 22.0 Å². The van der Waals surface area contributed by atoms with Gasteiger partial charge in [0.25, 0.3) is 5.56 Å². The lowest BCUT2D eigenvalue weighted by atomic mass is 10.3. The number of nitrogens with one attached hydrogen (secondary N) is 3. The van der Waals surface area contributed by atoms with Crippen LogP contribution in [0.2, 0.25) is 0 Å². The van der Waals surface area contributed by atoms with Gasteiger partial charge in [0.2, 0.25) is 5.91 Å². The summed E-state index contributed by atoms with van der Waals surface area (Å²) in [5.41, 5.74) is -0.168. The first-order valence-electron chi connectivity index (χ1n) is 6.85. The fourth-order valence-corrected chi connectivity index (χ4v) is 4.61. The van der Waals surface area contributed by atoms with Gasteiger partial charge in [-0.2, -0.15) is 5.26 Å². The first-order valence-corrected chi connectivity index (χ1v) is 9.45. The molecule has 25 heavy (non-hydrogen) atoms. The molecule has 3 aromatic rings. The molecule has 0 saturated carbocycles. The van der Waals surface area contributed by atoms with Crippen LogP contribution >= 0.6 is 39.0 Å². The molecule has 0 aliphatic heterocycles. The number of amides is 1. The number of rotatable bonds is 4. The van der Waals surface area contributed by atoms with Gasteiger partial charge in [-0.3, -0.25) is 14.6 Å². The van der Waals surface area contributed by atoms with Crippen LogP contribution in [0.25, 0.3) is 10.2 Å². The molecule has 0 radical (unpaired) electrons. The molecular weight excluding hydrogens is 428 g/mol. The maximum atomic E-state index is 12.1. The first kappa shape index (κ1) is 17.5. The Balaban J connectivity index is 1.80. The molecule has 3 N–H and O–H groups in total. The molecule has 0 aliphatic carbocycles. The van der Waals surface area contributed by atoms with Crippen molar-refractivity contribution >= 4 is 60.8 Å². The van der Waals surface area contributed by atoms with Crippen LogP contribution in [-0.4, -0.2) is 21.6 Å². The fourth-order valence-electron chi connectivity index (χ4n) is 2.09. The van der Waals surface area contributed by atoms with Crippen LogP contribution < -0.4 is 16.6 Å². The minimum Gasteiger partial charge on any atom is -0.325 e. The summed E-state index contributed by atoms with van der Waals surface area (Å²) in [6.07, 6.45) is 0. The van der Waals surface area contributed by atoms with Crippen molar-refractivity contribution in [2.24, 2.45) is 0 Å². The monoisotopic (exact) mass is 436 g/mol. The second-order valence-electron chi connectivity index (χ2n) is 4.84. The largest absolute Gasteiger partial charge is 0.326 e. The van der Waals surface area contributed by atoms with Gasteiger partial charge >= 0.3 is 5.69 Å². The summed E-state index contributed by atoms with van der Waals surface area (Å²) in [5, 5.41) is 12.1. The number of hydrogen-bond donors (Lipinski definition) is 3. The van der Waals surface area contributed by atoms with E-state index in [1.807, 2.05) is 12.1 Å². The van der Waals surface area contributed by atoms with Crippen molar-refractivity contribution in [1.29, 1.82) is 5.26 Å². The normalized spacial score (nSPS) is 10.6. The molecule has 1 aromatic carbocycles. The quantitative estimate of drug-likeness (QED) is 0.543. The van der Waals surface area contributed by atoms with E-state index in [1.54, 1.807) is 18.2 Å². The highest BCUT2D eigenvalue weighted by atomic mass is 79.9. The Morgan fingerprint density at radius 2 is 2.16 bits per heavy atom. The number of aromatic amines is 2. The number of thiophene rings is 1. The number of anilines is 1. The van der Waals surface area contributed by atoms with Gasteiger partial charge in [0.15, 0.2) is 0 Å². The van der Waals surface area contributed by atoms with Crippen molar-refractivity contribution in [3.05, 3.63) is 55.1 Å². The maximum Gasteiger partial charge on any atom is 0.326 e. The van der Waals surface area contributed by atoms with Crippen molar-refractivity contribution in [3.63, 3.8) is 0 Å². The molecule has 0 saturated heterocycles. The topological polar surface area (TPSA) is 119 Å². The smallest absolute Gasteiger partial charge is 0.325 e. The van der Waals surface area contributed by atoms with Crippen LogP contribution in [-0.2, 0) is 4.79 Å². The third-order valence-electron chi connectivity index (χ3n) is 3.10. The third-order valence-corrected chi connectivity index (χ3v) is 6.06. The van der Waals surface area contributed by atoms with Gasteiger partial charge in [-0.25, -0.2) is 4.79 Å². The van der Waals surface area contributed by atoms with Crippen LogP contribution in [0, 0.1) is 11.3 Å². The van der Waals surface area contributed by atoms with Gasteiger partial charge < -0.3 is 10.3 Å². The number of nitriles is 1. The van der Waals surface area contributed by atoms with E-state index >= 15 is 0 Å². The number of halogens is 1. The van der Waals surface area contributed by atoms with Crippen molar-refractivity contribution in [2.45, 2.75) is 4.21 Å². The number of aromatic nitrogens is 2. The highest BCUT2D eigenvalue weighted by Gasteiger charge is 2.17. The predicted molar refractivity (Wildman–Crippen MR) is 101 cm³/mol. The van der Waals surface area contributed by atoms with E-state index in [9.17, 15) is 19.6 Å². The van der Waals surface area contributed by atoms with Crippen LogP contribution in [0.1, 0.15) is 5.56 Å². The molecule has 0 aliphatic rings. The summed E-state index contributed by atoms with van der Waals surface area (Å²) in [4.78, 5) is 39.9. The molecule has 10 heteroatoms. The van der Waals surface area contributed by atoms with Crippen molar-refractivity contribution in [2.75, 3.05) is 11.1 Å². The summed E-state index contributed by atoms with van der Waals surface area (Å²) < 4.78 is 1.61. The average Bonchev–Trinajstić information content (AvgIpc) is 2.90. The molecule has 0 bridgehead atoms. The lowest BCUT2D eigenvalue weighted by Gasteiger charge is -2.04. The Morgan fingerprint density at radius 1 is 1.36 bits per heavy atom. The molecule has 0 spiro atoms. The van der Waals surface area contributed by atoms with E-state index in [0.29, 0.717) is 9.90 Å². The third kappa shape index (κ3) is 3.84. The van der Waals surface area contributed by atoms with E-state index in [4.69, 9.17) is 0 Å². The molecular formula is C15H9BrN4O3S2. The van der Waals surface area contributed by atoms with Gasteiger partial charge in [-0.05, 0) is 18.2 Å². The SMILES string of the molecule is N#Cc1c(SCC(=O)Nc2cccc(Br)c2)sc2c(=O)[nH]c(=O)[nH]c12. The van der Waals surface area contributed by atoms with Crippen molar-refractivity contribution < 1.29 is 4.79 Å². The summed E-state index contributed by atoms with van der Waals surface area (Å²) in [7, 11) is 0. The van der Waals surface area contributed by atoms with E-state index in [1.165, 1.54) is 0 Å². The van der Waals surface area contributed by atoms with Crippen molar-refractivity contribution in [1.82, 2.24) is 9.97 Å². The molecule has 0 atom stereocenters. The first-order chi connectivity index (χ1) is 12.0. The van der Waals surface area contributed by atoms with Crippen LogP contribution in [0.5, 0.6) is 0 Å². The number of thioether (sulfide) groups is 1.